The zero-order valence-electron chi connectivity index (χ0n) is 6.09. The molecule has 0 radical (unpaired) electrons. The van der Waals surface area contributed by atoms with Gasteiger partial charge in [-0.1, -0.05) is 13.8 Å². The molecule has 1 rings (SSSR count). The molecule has 2 N–H and O–H groups in total. The highest BCUT2D eigenvalue weighted by molar-refractivity contribution is 4.82. The first-order valence-electron chi connectivity index (χ1n) is 3.64. The molecule has 1 unspecified atom stereocenters. The summed E-state index contributed by atoms with van der Waals surface area (Å²) in [6.07, 6.45) is 2.19. The third-order valence-corrected chi connectivity index (χ3v) is 1.62. The van der Waals surface area contributed by atoms with Crippen LogP contribution in [0.4, 0.5) is 0 Å². The van der Waals surface area contributed by atoms with E-state index in [1.165, 1.54) is 12.8 Å². The molecule has 0 spiro atoms. The Kier molecular flexibility index (Phi) is 2.09. The minimum absolute atomic E-state index is 0.294. The van der Waals surface area contributed by atoms with E-state index in [0.29, 0.717) is 12.0 Å². The summed E-state index contributed by atoms with van der Waals surface area (Å²) in [4.78, 5) is 0. The predicted octanol–water partition coefficient (Wildman–Crippen LogP) is 0.713. The first-order chi connectivity index (χ1) is 4.20. The van der Waals surface area contributed by atoms with Crippen LogP contribution in [0.1, 0.15) is 26.7 Å². The number of aliphatic hydroxyl groups excluding tert-OH is 1. The first kappa shape index (κ1) is 7.03. The monoisotopic (exact) mass is 129 g/mol. The Labute approximate surface area is 56.3 Å². The molecule has 1 saturated carbocycles. The van der Waals surface area contributed by atoms with Crippen molar-refractivity contribution in [3.8, 4) is 0 Å². The smallest absolute Gasteiger partial charge is 0.107 e. The molecule has 1 atom stereocenters. The lowest BCUT2D eigenvalue weighted by Crippen LogP contribution is -2.34. The quantitative estimate of drug-likeness (QED) is 0.550. The summed E-state index contributed by atoms with van der Waals surface area (Å²) in [6.45, 7) is 4.03. The highest BCUT2D eigenvalue weighted by atomic mass is 16.3. The summed E-state index contributed by atoms with van der Waals surface area (Å²) < 4.78 is 0. The summed E-state index contributed by atoms with van der Waals surface area (Å²) in [7, 11) is 0. The predicted molar refractivity (Wildman–Crippen MR) is 37.0 cm³/mol. The van der Waals surface area contributed by atoms with Gasteiger partial charge in [0.15, 0.2) is 0 Å². The largest absolute Gasteiger partial charge is 0.378 e. The molecule has 0 heterocycles. The minimum atomic E-state index is -0.294. The SMILES string of the molecule is CC(C)C(O)NC1CC1. The highest BCUT2D eigenvalue weighted by Crippen LogP contribution is 2.20. The Bertz CT molecular complexity index is 88.9. The van der Waals surface area contributed by atoms with Gasteiger partial charge in [-0.25, -0.2) is 0 Å². The van der Waals surface area contributed by atoms with Crippen molar-refractivity contribution in [3.05, 3.63) is 0 Å². The molecule has 0 bridgehead atoms. The molecule has 2 heteroatoms. The third-order valence-electron chi connectivity index (χ3n) is 1.62. The van der Waals surface area contributed by atoms with E-state index in [1.54, 1.807) is 0 Å². The van der Waals surface area contributed by atoms with Crippen molar-refractivity contribution in [2.24, 2.45) is 5.92 Å². The molecule has 0 amide bonds. The second kappa shape index (κ2) is 2.67. The fourth-order valence-electron chi connectivity index (χ4n) is 0.684. The topological polar surface area (TPSA) is 32.3 Å². The van der Waals surface area contributed by atoms with E-state index >= 15 is 0 Å². The van der Waals surface area contributed by atoms with Gasteiger partial charge in [0.25, 0.3) is 0 Å². The summed E-state index contributed by atoms with van der Waals surface area (Å²) >= 11 is 0. The van der Waals surface area contributed by atoms with Crippen LogP contribution in [0, 0.1) is 5.92 Å². The van der Waals surface area contributed by atoms with Gasteiger partial charge in [-0.15, -0.1) is 0 Å². The van der Waals surface area contributed by atoms with Gasteiger partial charge in [-0.2, -0.15) is 0 Å². The van der Waals surface area contributed by atoms with Crippen LogP contribution in [-0.2, 0) is 0 Å². The number of aliphatic hydroxyl groups is 1. The highest BCUT2D eigenvalue weighted by Gasteiger charge is 2.24. The molecule has 1 aliphatic carbocycles. The number of rotatable bonds is 3. The third kappa shape index (κ3) is 2.33. The summed E-state index contributed by atoms with van der Waals surface area (Å²) in [5.74, 6) is 0.339. The summed E-state index contributed by atoms with van der Waals surface area (Å²) in [6, 6.07) is 0.613. The molecule has 0 saturated heterocycles. The Balaban J connectivity index is 2.09. The van der Waals surface area contributed by atoms with Gasteiger partial charge in [-0.3, -0.25) is 5.32 Å². The van der Waals surface area contributed by atoms with Gasteiger partial charge in [-0.05, 0) is 18.8 Å². The average molecular weight is 129 g/mol. The molecule has 0 aliphatic heterocycles. The second-order valence-corrected chi connectivity index (χ2v) is 3.13. The fraction of sp³-hybridized carbons (Fsp3) is 1.00. The molecule has 9 heavy (non-hydrogen) atoms. The number of hydrogen-bond donors (Lipinski definition) is 2. The van der Waals surface area contributed by atoms with Crippen molar-refractivity contribution in [1.29, 1.82) is 0 Å². The van der Waals surface area contributed by atoms with E-state index < -0.39 is 0 Å². The minimum Gasteiger partial charge on any atom is -0.378 e. The van der Waals surface area contributed by atoms with E-state index in [1.807, 2.05) is 13.8 Å². The van der Waals surface area contributed by atoms with Crippen molar-refractivity contribution in [1.82, 2.24) is 5.32 Å². The Hall–Kier alpha value is -0.0800. The van der Waals surface area contributed by atoms with Crippen molar-refractivity contribution >= 4 is 0 Å². The zero-order valence-corrected chi connectivity index (χ0v) is 6.09. The van der Waals surface area contributed by atoms with Gasteiger partial charge in [0.05, 0.1) is 0 Å². The standard InChI is InChI=1S/C7H15NO/c1-5(2)7(9)8-6-3-4-6/h5-9H,3-4H2,1-2H3. The van der Waals surface area contributed by atoms with Gasteiger partial charge in [0.1, 0.15) is 6.23 Å². The van der Waals surface area contributed by atoms with Crippen LogP contribution in [0.3, 0.4) is 0 Å². The number of hydrogen-bond acceptors (Lipinski definition) is 2. The average Bonchev–Trinajstić information content (AvgIpc) is 2.50. The summed E-state index contributed by atoms with van der Waals surface area (Å²) in [5, 5.41) is 12.3. The zero-order chi connectivity index (χ0) is 6.85. The lowest BCUT2D eigenvalue weighted by Gasteiger charge is -2.14. The molecule has 0 aromatic heterocycles. The van der Waals surface area contributed by atoms with E-state index in [9.17, 15) is 5.11 Å². The maximum Gasteiger partial charge on any atom is 0.107 e. The molecule has 2 nitrogen and oxygen atoms in total. The molecule has 0 aromatic rings. The Morgan fingerprint density at radius 1 is 1.44 bits per heavy atom. The Morgan fingerprint density at radius 3 is 2.33 bits per heavy atom. The van der Waals surface area contributed by atoms with Crippen LogP contribution in [0.25, 0.3) is 0 Å². The van der Waals surface area contributed by atoms with Crippen LogP contribution in [-0.4, -0.2) is 17.4 Å². The van der Waals surface area contributed by atoms with Crippen molar-refractivity contribution in [2.75, 3.05) is 0 Å². The van der Waals surface area contributed by atoms with E-state index in [4.69, 9.17) is 0 Å². The van der Waals surface area contributed by atoms with Crippen molar-refractivity contribution in [3.63, 3.8) is 0 Å². The van der Waals surface area contributed by atoms with E-state index in [2.05, 4.69) is 5.32 Å². The first-order valence-corrected chi connectivity index (χ1v) is 3.64. The van der Waals surface area contributed by atoms with Gasteiger partial charge in [0.2, 0.25) is 0 Å². The van der Waals surface area contributed by atoms with E-state index in [-0.39, 0.29) is 6.23 Å². The van der Waals surface area contributed by atoms with Gasteiger partial charge in [0, 0.05) is 6.04 Å². The molecule has 1 fully saturated rings. The fourth-order valence-corrected chi connectivity index (χ4v) is 0.684. The van der Waals surface area contributed by atoms with Crippen molar-refractivity contribution < 1.29 is 5.11 Å². The Morgan fingerprint density at radius 2 is 2.00 bits per heavy atom. The maximum atomic E-state index is 9.23. The van der Waals surface area contributed by atoms with Crippen molar-refractivity contribution in [2.45, 2.75) is 39.0 Å². The van der Waals surface area contributed by atoms with Crippen LogP contribution in [0.15, 0.2) is 0 Å². The maximum absolute atomic E-state index is 9.23. The van der Waals surface area contributed by atoms with E-state index in [0.717, 1.165) is 0 Å². The van der Waals surface area contributed by atoms with Crippen LogP contribution in [0.2, 0.25) is 0 Å². The van der Waals surface area contributed by atoms with Gasteiger partial charge >= 0.3 is 0 Å². The molecule has 0 aromatic carbocycles. The second-order valence-electron chi connectivity index (χ2n) is 3.13. The molecular weight excluding hydrogens is 114 g/mol. The molecule has 54 valence electrons. The molecular formula is C7H15NO. The normalized spacial score (nSPS) is 22.7. The van der Waals surface area contributed by atoms with Crippen LogP contribution < -0.4 is 5.32 Å². The van der Waals surface area contributed by atoms with Crippen LogP contribution >= 0.6 is 0 Å². The number of nitrogens with one attached hydrogen (secondary N) is 1. The lowest BCUT2D eigenvalue weighted by atomic mass is 10.2. The summed E-state index contributed by atoms with van der Waals surface area (Å²) in [5.41, 5.74) is 0. The lowest BCUT2D eigenvalue weighted by molar-refractivity contribution is 0.0887. The molecule has 1 aliphatic rings. The van der Waals surface area contributed by atoms with Gasteiger partial charge < -0.3 is 5.11 Å². The van der Waals surface area contributed by atoms with Crippen LogP contribution in [0.5, 0.6) is 0 Å².